The summed E-state index contributed by atoms with van der Waals surface area (Å²) in [6.07, 6.45) is 0. The minimum Gasteiger partial charge on any atom is -0.326 e. The Morgan fingerprint density at radius 1 is 1.10 bits per heavy atom. The molecule has 6 heteroatoms. The van der Waals surface area contributed by atoms with Crippen LogP contribution in [-0.4, -0.2) is 8.42 Å². The van der Waals surface area contributed by atoms with Gasteiger partial charge in [-0.15, -0.1) is 0 Å². The van der Waals surface area contributed by atoms with Crippen LogP contribution in [0.2, 0.25) is 0 Å². The molecule has 0 unspecified atom stereocenters. The van der Waals surface area contributed by atoms with Gasteiger partial charge in [-0.25, -0.2) is 12.8 Å². The molecule has 0 radical (unpaired) electrons. The normalized spacial score (nSPS) is 11.4. The van der Waals surface area contributed by atoms with E-state index >= 15 is 0 Å². The molecule has 0 aliphatic heterocycles. The second kappa shape index (κ2) is 5.83. The van der Waals surface area contributed by atoms with Crippen LogP contribution in [0.1, 0.15) is 16.7 Å². The van der Waals surface area contributed by atoms with Gasteiger partial charge < -0.3 is 5.73 Å². The number of halogens is 1. The maximum Gasteiger partial charge on any atom is 0.262 e. The van der Waals surface area contributed by atoms with E-state index in [4.69, 9.17) is 5.73 Å². The van der Waals surface area contributed by atoms with Gasteiger partial charge in [-0.3, -0.25) is 4.72 Å². The van der Waals surface area contributed by atoms with Crippen molar-refractivity contribution in [3.63, 3.8) is 0 Å². The van der Waals surface area contributed by atoms with Crippen molar-refractivity contribution in [3.8, 4) is 0 Å². The van der Waals surface area contributed by atoms with Gasteiger partial charge in [0, 0.05) is 12.2 Å². The molecule has 21 heavy (non-hydrogen) atoms. The molecule has 0 amide bonds. The largest absolute Gasteiger partial charge is 0.326 e. The van der Waals surface area contributed by atoms with Gasteiger partial charge in [0.2, 0.25) is 0 Å². The number of sulfonamides is 1. The maximum absolute atomic E-state index is 13.2. The first-order valence-electron chi connectivity index (χ1n) is 6.42. The second-order valence-electron chi connectivity index (χ2n) is 4.87. The first kappa shape index (κ1) is 15.5. The smallest absolute Gasteiger partial charge is 0.262 e. The van der Waals surface area contributed by atoms with E-state index in [2.05, 4.69) is 4.72 Å². The molecular formula is C15H17FN2O2S. The molecule has 0 aliphatic rings. The highest BCUT2D eigenvalue weighted by molar-refractivity contribution is 7.92. The Hall–Kier alpha value is -1.92. The number of anilines is 1. The Labute approximate surface area is 123 Å². The average molecular weight is 308 g/mol. The minimum absolute atomic E-state index is 0.174. The van der Waals surface area contributed by atoms with E-state index in [-0.39, 0.29) is 17.3 Å². The highest BCUT2D eigenvalue weighted by Crippen LogP contribution is 2.22. The minimum atomic E-state index is -3.73. The van der Waals surface area contributed by atoms with Crippen LogP contribution in [0, 0.1) is 19.7 Å². The van der Waals surface area contributed by atoms with Crippen LogP contribution in [0.5, 0.6) is 0 Å². The SMILES string of the molecule is Cc1cc(NS(=O)(=O)c2cc(CN)ccc2C)ccc1F. The third kappa shape index (κ3) is 3.40. The third-order valence-corrected chi connectivity index (χ3v) is 4.71. The fourth-order valence-corrected chi connectivity index (χ4v) is 3.32. The number of aryl methyl sites for hydroxylation is 2. The van der Waals surface area contributed by atoms with Crippen LogP contribution in [0.15, 0.2) is 41.3 Å². The number of nitrogens with one attached hydrogen (secondary N) is 1. The molecule has 3 N–H and O–H groups in total. The van der Waals surface area contributed by atoms with Crippen molar-refractivity contribution < 1.29 is 12.8 Å². The van der Waals surface area contributed by atoms with Crippen LogP contribution < -0.4 is 10.5 Å². The molecule has 2 aromatic carbocycles. The summed E-state index contributed by atoms with van der Waals surface area (Å²) in [7, 11) is -3.73. The zero-order chi connectivity index (χ0) is 15.6. The summed E-state index contributed by atoms with van der Waals surface area (Å²) in [5.41, 5.74) is 7.60. The van der Waals surface area contributed by atoms with Crippen molar-refractivity contribution in [3.05, 3.63) is 58.9 Å². The van der Waals surface area contributed by atoms with E-state index in [0.717, 1.165) is 5.56 Å². The van der Waals surface area contributed by atoms with Gasteiger partial charge in [-0.2, -0.15) is 0 Å². The fourth-order valence-electron chi connectivity index (χ4n) is 1.98. The average Bonchev–Trinajstić information content (AvgIpc) is 2.43. The molecule has 0 bridgehead atoms. The molecule has 4 nitrogen and oxygen atoms in total. The summed E-state index contributed by atoms with van der Waals surface area (Å²) < 4.78 is 40.6. The highest BCUT2D eigenvalue weighted by atomic mass is 32.2. The maximum atomic E-state index is 13.2. The molecule has 0 spiro atoms. The van der Waals surface area contributed by atoms with Crippen LogP contribution >= 0.6 is 0 Å². The molecule has 0 heterocycles. The molecule has 0 atom stereocenters. The van der Waals surface area contributed by atoms with Gasteiger partial charge in [0.25, 0.3) is 10.0 Å². The van der Waals surface area contributed by atoms with Gasteiger partial charge in [0.1, 0.15) is 5.82 Å². The van der Waals surface area contributed by atoms with E-state index in [1.54, 1.807) is 32.0 Å². The molecule has 0 aliphatic carbocycles. The van der Waals surface area contributed by atoms with Gasteiger partial charge in [-0.1, -0.05) is 12.1 Å². The van der Waals surface area contributed by atoms with Gasteiger partial charge in [-0.05, 0) is 54.8 Å². The Morgan fingerprint density at radius 3 is 2.43 bits per heavy atom. The van der Waals surface area contributed by atoms with Crippen LogP contribution in [0.3, 0.4) is 0 Å². The monoisotopic (exact) mass is 308 g/mol. The first-order chi connectivity index (χ1) is 9.83. The van der Waals surface area contributed by atoms with Gasteiger partial charge >= 0.3 is 0 Å². The molecule has 0 saturated heterocycles. The standard InChI is InChI=1S/C15H17FN2O2S/c1-10-3-4-12(9-17)8-15(10)21(19,20)18-13-5-6-14(16)11(2)7-13/h3-8,18H,9,17H2,1-2H3. The molecular weight excluding hydrogens is 291 g/mol. The van der Waals surface area contributed by atoms with Crippen molar-refractivity contribution in [2.75, 3.05) is 4.72 Å². The van der Waals surface area contributed by atoms with Gasteiger partial charge in [0.05, 0.1) is 4.90 Å². The molecule has 0 saturated carbocycles. The summed E-state index contributed by atoms with van der Waals surface area (Å²) in [6.45, 7) is 3.55. The van der Waals surface area contributed by atoms with Crippen LogP contribution in [0.4, 0.5) is 10.1 Å². The predicted molar refractivity (Wildman–Crippen MR) is 81.0 cm³/mol. The lowest BCUT2D eigenvalue weighted by molar-refractivity contribution is 0.600. The predicted octanol–water partition coefficient (Wildman–Crippen LogP) is 2.70. The topological polar surface area (TPSA) is 72.2 Å². The fraction of sp³-hybridized carbons (Fsp3) is 0.200. The van der Waals surface area contributed by atoms with E-state index in [1.165, 1.54) is 18.2 Å². The Morgan fingerprint density at radius 2 is 1.81 bits per heavy atom. The molecule has 0 fully saturated rings. The van der Waals surface area contributed by atoms with Crippen molar-refractivity contribution in [1.29, 1.82) is 0 Å². The second-order valence-corrected chi connectivity index (χ2v) is 6.52. The highest BCUT2D eigenvalue weighted by Gasteiger charge is 2.17. The zero-order valence-corrected chi connectivity index (χ0v) is 12.7. The van der Waals surface area contributed by atoms with E-state index < -0.39 is 10.0 Å². The van der Waals surface area contributed by atoms with Crippen molar-refractivity contribution >= 4 is 15.7 Å². The molecule has 112 valence electrons. The van der Waals surface area contributed by atoms with Crippen molar-refractivity contribution in [1.82, 2.24) is 0 Å². The molecule has 2 rings (SSSR count). The lowest BCUT2D eigenvalue weighted by Gasteiger charge is -2.12. The lowest BCUT2D eigenvalue weighted by Crippen LogP contribution is -2.15. The number of benzene rings is 2. The van der Waals surface area contributed by atoms with E-state index in [9.17, 15) is 12.8 Å². The number of hydrogen-bond donors (Lipinski definition) is 2. The summed E-state index contributed by atoms with van der Waals surface area (Å²) in [6, 6.07) is 9.13. The van der Waals surface area contributed by atoms with Crippen LogP contribution in [0.25, 0.3) is 0 Å². The zero-order valence-electron chi connectivity index (χ0n) is 11.9. The molecule has 2 aromatic rings. The van der Waals surface area contributed by atoms with Crippen molar-refractivity contribution in [2.24, 2.45) is 5.73 Å². The van der Waals surface area contributed by atoms with Gasteiger partial charge in [0.15, 0.2) is 0 Å². The quantitative estimate of drug-likeness (QED) is 0.912. The lowest BCUT2D eigenvalue weighted by atomic mass is 10.1. The Balaban J connectivity index is 2.40. The Bertz CT molecular complexity index is 773. The van der Waals surface area contributed by atoms with Crippen molar-refractivity contribution in [2.45, 2.75) is 25.3 Å². The first-order valence-corrected chi connectivity index (χ1v) is 7.90. The van der Waals surface area contributed by atoms with E-state index in [0.29, 0.717) is 16.8 Å². The number of rotatable bonds is 4. The summed E-state index contributed by atoms with van der Waals surface area (Å²) in [5, 5.41) is 0. The van der Waals surface area contributed by atoms with Crippen LogP contribution in [-0.2, 0) is 16.6 Å². The number of hydrogen-bond acceptors (Lipinski definition) is 3. The summed E-state index contributed by atoms with van der Waals surface area (Å²) in [5.74, 6) is -0.376. The summed E-state index contributed by atoms with van der Waals surface area (Å²) in [4.78, 5) is 0.174. The third-order valence-electron chi connectivity index (χ3n) is 3.19. The summed E-state index contributed by atoms with van der Waals surface area (Å²) >= 11 is 0. The number of nitrogens with two attached hydrogens (primary N) is 1. The van der Waals surface area contributed by atoms with E-state index in [1.807, 2.05) is 0 Å². The Kier molecular flexibility index (Phi) is 4.29. The molecule has 0 aromatic heterocycles.